The van der Waals surface area contributed by atoms with Crippen molar-refractivity contribution in [2.24, 2.45) is 5.73 Å². The van der Waals surface area contributed by atoms with Crippen molar-refractivity contribution in [1.29, 1.82) is 0 Å². The van der Waals surface area contributed by atoms with E-state index in [0.29, 0.717) is 29.7 Å². The number of halogens is 5. The lowest BCUT2D eigenvalue weighted by atomic mass is 10.0. The number of hydrogen-bond acceptors (Lipinski definition) is 14. The molecule has 1 fully saturated rings. The van der Waals surface area contributed by atoms with E-state index in [9.17, 15) is 59.1 Å². The summed E-state index contributed by atoms with van der Waals surface area (Å²) in [6.45, 7) is 1.18. The topological polar surface area (TPSA) is 293 Å². The third-order valence-electron chi connectivity index (χ3n) is 7.73. The number of ketones is 1. The predicted octanol–water partition coefficient (Wildman–Crippen LogP) is 6.28. The van der Waals surface area contributed by atoms with Crippen LogP contribution in [0.3, 0.4) is 0 Å². The average Bonchev–Trinajstić information content (AvgIpc) is 3.85. The summed E-state index contributed by atoms with van der Waals surface area (Å²) in [7, 11) is -10.7. The van der Waals surface area contributed by atoms with E-state index in [4.69, 9.17) is 48.2 Å². The summed E-state index contributed by atoms with van der Waals surface area (Å²) in [6, 6.07) is 8.26. The molecule has 1 aliphatic carbocycles. The fourth-order valence-electron chi connectivity index (χ4n) is 4.73. The number of carbonyl (C=O) groups is 3. The second-order valence-electron chi connectivity index (χ2n) is 13.0. The number of aliphatic carboxylic acids is 1. The Balaban J connectivity index is 0.000000264. The summed E-state index contributed by atoms with van der Waals surface area (Å²) in [5, 5.41) is 22.9. The van der Waals surface area contributed by atoms with Crippen LogP contribution in [0.15, 0.2) is 70.2 Å². The second kappa shape index (κ2) is 19.7. The van der Waals surface area contributed by atoms with E-state index in [2.05, 4.69) is 5.16 Å². The Morgan fingerprint density at radius 1 is 1.05 bits per heavy atom. The molecule has 0 saturated heterocycles. The summed E-state index contributed by atoms with van der Waals surface area (Å²) in [4.78, 5) is 53.6. The average molecular weight is 946 g/mol. The van der Waals surface area contributed by atoms with Crippen molar-refractivity contribution in [3.05, 3.63) is 109 Å². The zero-order chi connectivity index (χ0) is 45.5. The maximum atomic E-state index is 12.7. The molecule has 1 amide bonds. The first-order valence-corrected chi connectivity index (χ1v) is 23.4. The van der Waals surface area contributed by atoms with Gasteiger partial charge in [0.25, 0.3) is 11.6 Å². The van der Waals surface area contributed by atoms with Gasteiger partial charge in [-0.05, 0) is 61.7 Å². The number of alkyl halides is 3. The fourth-order valence-corrected chi connectivity index (χ4v) is 7.29. The standard InChI is InChI=1S/C15H10ClF3N2O6S.C14H12ClNO4S.C5H12NO4P/c1-28(25,26)20-14(22)10-7-9(3-4-12(10)21(23)24)27-13-5-2-8(6-11(13)16)15(17,18)19;1-21(18,19)12-6-9(15)4-5-10(12)13(17)11-7-16-20-14(11)8-2-3-8;1-11(9,10)3-2-4(6)5(7)8/h2-7H,1H3,(H,20,22);4-8H,2-3H2,1H3;4H,2-3,6H2,1H3,(H,7,8)(H,9,10). The van der Waals surface area contributed by atoms with Gasteiger partial charge in [0.2, 0.25) is 10.0 Å². The minimum Gasteiger partial charge on any atom is -0.480 e. The van der Waals surface area contributed by atoms with Gasteiger partial charge < -0.3 is 25.0 Å². The summed E-state index contributed by atoms with van der Waals surface area (Å²) < 4.78 is 107. The Bertz CT molecular complexity index is 2560. The molecule has 326 valence electrons. The van der Waals surface area contributed by atoms with Crippen molar-refractivity contribution in [3.63, 3.8) is 0 Å². The van der Waals surface area contributed by atoms with Crippen LogP contribution in [0.4, 0.5) is 18.9 Å². The first kappa shape index (κ1) is 49.5. The van der Waals surface area contributed by atoms with Crippen molar-refractivity contribution in [3.8, 4) is 11.5 Å². The first-order chi connectivity index (χ1) is 27.5. The van der Waals surface area contributed by atoms with E-state index in [1.54, 1.807) is 4.72 Å². The SMILES string of the molecule is CP(=O)(O)CCC(N)C(=O)O.CS(=O)(=O)NC(=O)c1cc(Oc2ccc(C(F)(F)F)cc2Cl)ccc1[N+](=O)[O-].CS(=O)(=O)c1cc(Cl)ccc1C(=O)c1cnoc1C1CC1. The van der Waals surface area contributed by atoms with Crippen molar-refractivity contribution >= 4 is 73.8 Å². The van der Waals surface area contributed by atoms with Crippen molar-refractivity contribution < 1.29 is 73.1 Å². The van der Waals surface area contributed by atoms with Crippen LogP contribution in [0.25, 0.3) is 0 Å². The molecule has 5 N–H and O–H groups in total. The fraction of sp³-hybridized carbons (Fsp3) is 0.294. The molecular weight excluding hydrogens is 911 g/mol. The number of carboxylic acid groups (broad SMARTS) is 1. The third-order valence-corrected chi connectivity index (χ3v) is 11.0. The predicted molar refractivity (Wildman–Crippen MR) is 209 cm³/mol. The molecule has 3 aromatic carbocycles. The van der Waals surface area contributed by atoms with Gasteiger partial charge in [0, 0.05) is 47.7 Å². The Labute approximate surface area is 349 Å². The maximum absolute atomic E-state index is 12.7. The third kappa shape index (κ3) is 15.0. The Morgan fingerprint density at radius 2 is 1.68 bits per heavy atom. The Kier molecular flexibility index (Phi) is 16.2. The lowest BCUT2D eigenvalue weighted by molar-refractivity contribution is -0.385. The van der Waals surface area contributed by atoms with Crippen LogP contribution in [-0.2, 0) is 35.4 Å². The molecular formula is C34H34Cl2F3N4O14PS2. The van der Waals surface area contributed by atoms with Crippen LogP contribution in [0.2, 0.25) is 10.0 Å². The summed E-state index contributed by atoms with van der Waals surface area (Å²) in [6.07, 6.45) is 0.358. The number of nitrogens with zero attached hydrogens (tertiary/aromatic N) is 2. The Hall–Kier alpha value is -4.90. The van der Waals surface area contributed by atoms with E-state index in [0.717, 1.165) is 43.4 Å². The van der Waals surface area contributed by atoms with Crippen LogP contribution < -0.4 is 15.2 Å². The minimum absolute atomic E-state index is 0.0412. The normalized spacial score (nSPS) is 14.2. The monoisotopic (exact) mass is 944 g/mol. The zero-order valence-electron chi connectivity index (χ0n) is 31.2. The number of nitro benzene ring substituents is 1. The van der Waals surface area contributed by atoms with E-state index in [-0.39, 0.29) is 45.5 Å². The highest BCUT2D eigenvalue weighted by Crippen LogP contribution is 2.42. The number of nitrogens with two attached hydrogens (primary N) is 1. The molecule has 0 bridgehead atoms. The highest BCUT2D eigenvalue weighted by molar-refractivity contribution is 7.90. The molecule has 2 atom stereocenters. The number of hydrogen-bond donors (Lipinski definition) is 4. The number of sulfonamides is 1. The minimum atomic E-state index is -4.62. The molecule has 0 aliphatic heterocycles. The molecule has 1 aliphatic rings. The molecule has 1 saturated carbocycles. The summed E-state index contributed by atoms with van der Waals surface area (Å²) in [5.74, 6) is -2.48. The van der Waals surface area contributed by atoms with Gasteiger partial charge in [-0.25, -0.2) is 21.6 Å². The number of amides is 1. The molecule has 0 spiro atoms. The number of rotatable bonds is 13. The van der Waals surface area contributed by atoms with Crippen molar-refractivity contribution in [1.82, 2.24) is 9.88 Å². The zero-order valence-corrected chi connectivity index (χ0v) is 35.2. The van der Waals surface area contributed by atoms with Gasteiger partial charge in [-0.1, -0.05) is 28.4 Å². The van der Waals surface area contributed by atoms with Crippen molar-refractivity contribution in [2.45, 2.75) is 42.3 Å². The molecule has 26 heteroatoms. The van der Waals surface area contributed by atoms with E-state index in [1.165, 1.54) is 31.1 Å². The molecule has 1 aromatic heterocycles. The van der Waals surface area contributed by atoms with Gasteiger partial charge >= 0.3 is 12.1 Å². The van der Waals surface area contributed by atoms with Crippen LogP contribution in [0.5, 0.6) is 11.5 Å². The van der Waals surface area contributed by atoms with Crippen LogP contribution in [0.1, 0.15) is 62.8 Å². The second-order valence-corrected chi connectivity index (χ2v) is 20.1. The highest BCUT2D eigenvalue weighted by Gasteiger charge is 2.34. The summed E-state index contributed by atoms with van der Waals surface area (Å²) in [5.41, 5.74) is 3.16. The lowest BCUT2D eigenvalue weighted by Crippen LogP contribution is -2.30. The number of benzene rings is 3. The maximum Gasteiger partial charge on any atom is 0.416 e. The van der Waals surface area contributed by atoms with Gasteiger partial charge in [0.05, 0.1) is 38.4 Å². The van der Waals surface area contributed by atoms with E-state index >= 15 is 0 Å². The van der Waals surface area contributed by atoms with Gasteiger partial charge in [0.1, 0.15) is 23.1 Å². The molecule has 18 nitrogen and oxygen atoms in total. The number of ether oxygens (including phenoxy) is 1. The number of nitro groups is 1. The highest BCUT2D eigenvalue weighted by atomic mass is 35.5. The van der Waals surface area contributed by atoms with Gasteiger partial charge in [0.15, 0.2) is 28.7 Å². The number of nitrogens with one attached hydrogen (secondary N) is 1. The lowest BCUT2D eigenvalue weighted by Gasteiger charge is -2.12. The largest absolute Gasteiger partial charge is 0.480 e. The smallest absolute Gasteiger partial charge is 0.416 e. The van der Waals surface area contributed by atoms with Crippen molar-refractivity contribution in [2.75, 3.05) is 25.3 Å². The molecule has 4 aromatic rings. The number of carbonyl (C=O) groups excluding carboxylic acids is 2. The number of aromatic nitrogens is 1. The van der Waals surface area contributed by atoms with Crippen LogP contribution >= 0.6 is 30.6 Å². The summed E-state index contributed by atoms with van der Waals surface area (Å²) >= 11 is 11.6. The first-order valence-electron chi connectivity index (χ1n) is 16.6. The molecule has 1 heterocycles. The van der Waals surface area contributed by atoms with E-state index < -0.39 is 83.9 Å². The van der Waals surface area contributed by atoms with Gasteiger partial charge in [-0.3, -0.25) is 29.1 Å². The van der Waals surface area contributed by atoms with Crippen LogP contribution in [0, 0.1) is 10.1 Å². The molecule has 0 radical (unpaired) electrons. The number of sulfone groups is 1. The van der Waals surface area contributed by atoms with Crippen LogP contribution in [-0.4, -0.2) is 86.0 Å². The van der Waals surface area contributed by atoms with E-state index in [1.807, 2.05) is 0 Å². The molecule has 2 unspecified atom stereocenters. The quantitative estimate of drug-likeness (QED) is 0.0496. The Morgan fingerprint density at radius 3 is 2.18 bits per heavy atom. The number of carboxylic acids is 1. The van der Waals surface area contributed by atoms with Gasteiger partial charge in [-0.15, -0.1) is 0 Å². The molecule has 5 rings (SSSR count). The van der Waals surface area contributed by atoms with Gasteiger partial charge in [-0.2, -0.15) is 13.2 Å². The molecule has 60 heavy (non-hydrogen) atoms.